The molecule has 0 rings (SSSR count). The zero-order valence-corrected chi connectivity index (χ0v) is 36.0. The summed E-state index contributed by atoms with van der Waals surface area (Å²) in [6.45, 7) is -6.17. The highest BCUT2D eigenvalue weighted by molar-refractivity contribution is 7.49. The lowest BCUT2D eigenvalue weighted by Gasteiger charge is -2.18. The van der Waals surface area contributed by atoms with Gasteiger partial charge in [0.1, 0.15) is 0 Å². The van der Waals surface area contributed by atoms with Crippen molar-refractivity contribution in [2.24, 2.45) is 11.8 Å². The maximum Gasteiger partial charge on any atom is 0.472 e. The predicted molar refractivity (Wildman–Crippen MR) is 183 cm³/mol. The van der Waals surface area contributed by atoms with Crippen molar-refractivity contribution in [2.45, 2.75) is 26.7 Å². The molecule has 0 fully saturated rings. The third-order valence-corrected chi connectivity index (χ3v) is 12.3. The highest BCUT2D eigenvalue weighted by Crippen LogP contribution is 2.49. The SMILES string of the molecule is CCC(CO)COP(=O)(O)OCCOP(=O)(O)OCCOP(=O)(O)OCCOP(=O)(O)OCCOP(=O)(O)OCCOP(=O)(O)OCC(CC)COP(=O)(O)O. The van der Waals surface area contributed by atoms with Crippen LogP contribution in [-0.2, 0) is 90.8 Å². The largest absolute Gasteiger partial charge is 0.472 e. The van der Waals surface area contributed by atoms with Crippen LogP contribution in [0.4, 0.5) is 0 Å². The molecular weight excluding hydrogens is 921 g/mol. The van der Waals surface area contributed by atoms with Gasteiger partial charge >= 0.3 is 54.8 Å². The first-order valence-corrected chi connectivity index (χ1v) is 26.2. The monoisotopic (exact) mass is 970 g/mol. The molecule has 0 aromatic rings. The second-order valence-corrected chi connectivity index (χ2v) is 20.2. The van der Waals surface area contributed by atoms with Crippen molar-refractivity contribution in [3.63, 3.8) is 0 Å². The van der Waals surface area contributed by atoms with E-state index in [1.165, 1.54) is 0 Å². The molecule has 0 aliphatic heterocycles. The van der Waals surface area contributed by atoms with E-state index in [-0.39, 0.29) is 19.6 Å². The molecule has 8 atom stereocenters. The zero-order chi connectivity index (χ0) is 43.2. The normalized spacial score (nSPS) is 20.1. The molecule has 0 radical (unpaired) electrons. The van der Waals surface area contributed by atoms with Gasteiger partial charge in [0, 0.05) is 18.4 Å². The molecule has 338 valence electrons. The second kappa shape index (κ2) is 27.6. The van der Waals surface area contributed by atoms with Crippen LogP contribution in [0.2, 0.25) is 0 Å². The second-order valence-electron chi connectivity index (χ2n) is 10.3. The first-order chi connectivity index (χ1) is 25.7. The van der Waals surface area contributed by atoms with Crippen LogP contribution in [0, 0.1) is 11.8 Å². The Morgan fingerprint density at radius 2 is 0.536 bits per heavy atom. The van der Waals surface area contributed by atoms with Gasteiger partial charge in [-0.25, -0.2) is 32.0 Å². The van der Waals surface area contributed by atoms with E-state index in [1.54, 1.807) is 13.8 Å². The summed E-state index contributed by atoms with van der Waals surface area (Å²) in [4.78, 5) is 75.1. The summed E-state index contributed by atoms with van der Waals surface area (Å²) in [5, 5.41) is 9.05. The fraction of sp³-hybridized carbons (Fsp3) is 1.00. The number of hydrogen-bond donors (Lipinski definition) is 9. The van der Waals surface area contributed by atoms with Crippen LogP contribution < -0.4 is 0 Å². The summed E-state index contributed by atoms with van der Waals surface area (Å²) in [7, 11) is -33.4. The van der Waals surface area contributed by atoms with E-state index < -0.39 is 146 Å². The summed E-state index contributed by atoms with van der Waals surface area (Å²) in [6, 6.07) is 0. The van der Waals surface area contributed by atoms with Gasteiger partial charge in [-0.05, 0) is 12.8 Å². The molecule has 8 unspecified atom stereocenters. The molecule has 0 aromatic carbocycles. The zero-order valence-electron chi connectivity index (χ0n) is 29.8. The van der Waals surface area contributed by atoms with Crippen molar-refractivity contribution in [2.75, 3.05) is 92.5 Å². The summed E-state index contributed by atoms with van der Waals surface area (Å²) >= 11 is 0. The Bertz CT molecular complexity index is 1440. The first kappa shape index (κ1) is 56.7. The average Bonchev–Trinajstić information content (AvgIpc) is 3.08. The smallest absolute Gasteiger partial charge is 0.396 e. The number of aliphatic hydroxyl groups excluding tert-OH is 1. The van der Waals surface area contributed by atoms with Crippen LogP contribution in [0.3, 0.4) is 0 Å². The molecule has 0 saturated carbocycles. The van der Waals surface area contributed by atoms with Crippen molar-refractivity contribution < 1.29 is 135 Å². The van der Waals surface area contributed by atoms with Crippen molar-refractivity contribution in [3.8, 4) is 0 Å². The minimum Gasteiger partial charge on any atom is -0.396 e. The highest BCUT2D eigenvalue weighted by Gasteiger charge is 2.29. The molecule has 0 aliphatic rings. The molecule has 0 aliphatic carbocycles. The van der Waals surface area contributed by atoms with Crippen LogP contribution in [0.15, 0.2) is 0 Å². The molecule has 0 saturated heterocycles. The van der Waals surface area contributed by atoms with E-state index in [1.807, 2.05) is 0 Å². The van der Waals surface area contributed by atoms with Crippen LogP contribution in [0.5, 0.6) is 0 Å². The summed E-state index contributed by atoms with van der Waals surface area (Å²) in [5.41, 5.74) is 0. The Morgan fingerprint density at radius 1 is 0.339 bits per heavy atom. The van der Waals surface area contributed by atoms with Crippen molar-refractivity contribution in [1.29, 1.82) is 0 Å². The lowest BCUT2D eigenvalue weighted by atomic mass is 10.1. The maximum atomic E-state index is 11.9. The average molecular weight is 970 g/mol. The molecule has 0 bridgehead atoms. The molecule has 0 amide bonds. The fourth-order valence-corrected chi connectivity index (χ4v) is 7.64. The Morgan fingerprint density at radius 3 is 0.732 bits per heavy atom. The number of phosphoric acid groups is 7. The van der Waals surface area contributed by atoms with Gasteiger partial charge in [-0.3, -0.25) is 58.8 Å². The lowest BCUT2D eigenvalue weighted by molar-refractivity contribution is 0.0711. The number of rotatable bonds is 37. The third-order valence-electron chi connectivity index (χ3n) is 5.80. The number of hydrogen-bond acceptors (Lipinski definition) is 21. The minimum absolute atomic E-state index is 0.246. The fourth-order valence-electron chi connectivity index (χ4n) is 2.94. The molecule has 0 heterocycles. The van der Waals surface area contributed by atoms with Crippen LogP contribution >= 0.6 is 54.8 Å². The Kier molecular flexibility index (Phi) is 28.0. The topological polar surface area (TPSA) is 422 Å². The lowest BCUT2D eigenvalue weighted by Crippen LogP contribution is -2.15. The number of aliphatic hydroxyl groups is 1. The van der Waals surface area contributed by atoms with Gasteiger partial charge in [0.25, 0.3) is 0 Å². The Hall–Kier alpha value is 0.730. The van der Waals surface area contributed by atoms with Gasteiger partial charge in [0.05, 0.1) is 85.9 Å². The van der Waals surface area contributed by atoms with Gasteiger partial charge < -0.3 is 44.3 Å². The quantitative estimate of drug-likeness (QED) is 0.0317. The summed E-state index contributed by atoms with van der Waals surface area (Å²) < 4.78 is 141. The minimum atomic E-state index is -4.88. The highest BCUT2D eigenvalue weighted by atomic mass is 31.2. The Balaban J connectivity index is 4.23. The summed E-state index contributed by atoms with van der Waals surface area (Å²) in [5.74, 6) is -1.11. The Labute approximate surface area is 320 Å². The number of phosphoric ester groups is 7. The van der Waals surface area contributed by atoms with E-state index in [4.69, 9.17) is 14.9 Å². The van der Waals surface area contributed by atoms with Crippen LogP contribution in [0.25, 0.3) is 0 Å². The van der Waals surface area contributed by atoms with E-state index >= 15 is 0 Å². The van der Waals surface area contributed by atoms with E-state index in [9.17, 15) is 61.3 Å². The van der Waals surface area contributed by atoms with Crippen molar-refractivity contribution in [1.82, 2.24) is 0 Å². The van der Waals surface area contributed by atoms with Crippen molar-refractivity contribution in [3.05, 3.63) is 0 Å². The van der Waals surface area contributed by atoms with Gasteiger partial charge in [0.15, 0.2) is 0 Å². The predicted octanol–water partition coefficient (Wildman–Crippen LogP) is 1.94. The van der Waals surface area contributed by atoms with Gasteiger partial charge in [-0.15, -0.1) is 0 Å². The van der Waals surface area contributed by atoms with Crippen LogP contribution in [-0.4, -0.2) is 137 Å². The molecule has 29 nitrogen and oxygen atoms in total. The van der Waals surface area contributed by atoms with Gasteiger partial charge in [0.2, 0.25) is 0 Å². The van der Waals surface area contributed by atoms with Gasteiger partial charge in [-0.1, -0.05) is 13.8 Å². The molecular formula is C20H49O29P7. The molecule has 9 N–H and O–H groups in total. The van der Waals surface area contributed by atoms with E-state index in [0.717, 1.165) is 0 Å². The standard InChI is InChI=1S/C20H49O29P7/c1-3-19(15-21)16-48-55(33,34)45-13-11-43-53(29,30)41-9-7-39-51(25,26)37-5-6-38-52(27,28)40-8-10-42-54(31,32)44-12-14-46-56(35,36)49-18-20(4-2)17-47-50(22,23)24/h19-21H,3-18H2,1-2H3,(H,25,26)(H,27,28)(H,29,30)(H,31,32)(H,33,34)(H,35,36)(H2,22,23,24). The summed E-state index contributed by atoms with van der Waals surface area (Å²) in [6.07, 6.45) is 0.703. The van der Waals surface area contributed by atoms with E-state index in [0.29, 0.717) is 6.42 Å². The molecule has 0 spiro atoms. The van der Waals surface area contributed by atoms with Gasteiger partial charge in [-0.2, -0.15) is 0 Å². The molecule has 36 heteroatoms. The van der Waals surface area contributed by atoms with Crippen molar-refractivity contribution >= 4 is 54.8 Å². The maximum absolute atomic E-state index is 11.9. The van der Waals surface area contributed by atoms with E-state index in [2.05, 4.69) is 58.8 Å². The first-order valence-electron chi connectivity index (χ1n) is 15.7. The van der Waals surface area contributed by atoms with Crippen LogP contribution in [0.1, 0.15) is 26.7 Å². The molecule has 0 aromatic heterocycles. The third kappa shape index (κ3) is 32.5. The molecule has 56 heavy (non-hydrogen) atoms.